The Labute approximate surface area is 223 Å². The fourth-order valence-corrected chi connectivity index (χ4v) is 4.64. The molecule has 198 valence electrons. The quantitative estimate of drug-likeness (QED) is 0.342. The van der Waals surface area contributed by atoms with Crippen molar-refractivity contribution in [3.05, 3.63) is 71.8 Å². The highest BCUT2D eigenvalue weighted by Crippen LogP contribution is 2.21. The number of benzene rings is 2. The van der Waals surface area contributed by atoms with E-state index < -0.39 is 0 Å². The number of fused-ring (bicyclic) bond motifs is 1. The second kappa shape index (κ2) is 11.7. The van der Waals surface area contributed by atoms with Gasteiger partial charge in [0.1, 0.15) is 11.6 Å². The summed E-state index contributed by atoms with van der Waals surface area (Å²) in [5.74, 6) is 1.60. The highest BCUT2D eigenvalue weighted by atomic mass is 16.2. The summed E-state index contributed by atoms with van der Waals surface area (Å²) < 4.78 is 0. The molecule has 1 amide bonds. The van der Waals surface area contributed by atoms with E-state index in [0.717, 1.165) is 60.8 Å². The second-order valence-corrected chi connectivity index (χ2v) is 9.92. The van der Waals surface area contributed by atoms with E-state index in [2.05, 4.69) is 45.5 Å². The van der Waals surface area contributed by atoms with Crippen LogP contribution in [0.5, 0.6) is 0 Å². The second-order valence-electron chi connectivity index (χ2n) is 9.92. The average molecular weight is 514 g/mol. The van der Waals surface area contributed by atoms with Crippen LogP contribution < -0.4 is 5.32 Å². The number of amides is 1. The first-order valence-corrected chi connectivity index (χ1v) is 13.1. The van der Waals surface area contributed by atoms with Crippen LogP contribution in [-0.2, 0) is 6.54 Å². The number of nitrogens with one attached hydrogen (secondary N) is 1. The Morgan fingerprint density at radius 1 is 0.947 bits per heavy atom. The zero-order valence-corrected chi connectivity index (χ0v) is 22.3. The van der Waals surface area contributed by atoms with E-state index in [0.29, 0.717) is 31.0 Å². The summed E-state index contributed by atoms with van der Waals surface area (Å²) in [5.41, 5.74) is 2.82. The molecule has 1 saturated heterocycles. The molecule has 0 bridgehead atoms. The number of aromatic nitrogens is 5. The molecule has 1 aliphatic heterocycles. The van der Waals surface area contributed by atoms with Gasteiger partial charge in [0.25, 0.3) is 5.91 Å². The van der Waals surface area contributed by atoms with Crippen LogP contribution in [0.1, 0.15) is 28.4 Å². The van der Waals surface area contributed by atoms with Crippen molar-refractivity contribution in [1.82, 2.24) is 39.7 Å². The van der Waals surface area contributed by atoms with Gasteiger partial charge in [0.05, 0.1) is 23.4 Å². The number of carbonyl (C=O) groups excluding carboxylic acids is 1. The predicted octanol–water partition coefficient (Wildman–Crippen LogP) is 2.84. The number of hydrogen-bond acceptors (Lipinski definition) is 8. The van der Waals surface area contributed by atoms with E-state index in [-0.39, 0.29) is 5.91 Å². The first kappa shape index (κ1) is 25.7. The molecule has 0 spiro atoms. The summed E-state index contributed by atoms with van der Waals surface area (Å²) >= 11 is 0. The molecule has 2 aromatic heterocycles. The number of nitrogens with zero attached hydrogens (tertiary/aromatic N) is 8. The summed E-state index contributed by atoms with van der Waals surface area (Å²) in [5, 5.41) is 13.5. The molecule has 5 rings (SSSR count). The molecule has 1 fully saturated rings. The van der Waals surface area contributed by atoms with E-state index in [1.165, 1.54) is 4.80 Å². The molecular formula is C28H35N9O. The van der Waals surface area contributed by atoms with Gasteiger partial charge >= 0.3 is 0 Å². The van der Waals surface area contributed by atoms with Crippen LogP contribution in [0.4, 0.5) is 5.82 Å². The van der Waals surface area contributed by atoms with Gasteiger partial charge in [-0.3, -0.25) is 9.69 Å². The van der Waals surface area contributed by atoms with Crippen LogP contribution in [-0.4, -0.2) is 98.9 Å². The van der Waals surface area contributed by atoms with Crippen molar-refractivity contribution in [3.63, 3.8) is 0 Å². The lowest BCUT2D eigenvalue weighted by Gasteiger charge is -2.34. The number of anilines is 1. The molecule has 0 saturated carbocycles. The number of rotatable bonds is 9. The first-order valence-electron chi connectivity index (χ1n) is 13.1. The van der Waals surface area contributed by atoms with Crippen molar-refractivity contribution >= 4 is 22.6 Å². The van der Waals surface area contributed by atoms with E-state index in [1.807, 2.05) is 60.4 Å². The van der Waals surface area contributed by atoms with Crippen molar-refractivity contribution < 1.29 is 4.79 Å². The molecular weight excluding hydrogens is 478 g/mol. The molecule has 1 N–H and O–H groups in total. The molecule has 38 heavy (non-hydrogen) atoms. The molecule has 2 aromatic carbocycles. The number of hydrogen-bond donors (Lipinski definition) is 1. The average Bonchev–Trinajstić information content (AvgIpc) is 3.33. The van der Waals surface area contributed by atoms with Crippen LogP contribution in [0.15, 0.2) is 54.6 Å². The van der Waals surface area contributed by atoms with Gasteiger partial charge in [-0.15, -0.1) is 5.10 Å². The van der Waals surface area contributed by atoms with E-state index in [9.17, 15) is 4.79 Å². The van der Waals surface area contributed by atoms with Gasteiger partial charge < -0.3 is 15.1 Å². The lowest BCUT2D eigenvalue weighted by molar-refractivity contribution is 0.0618. The van der Waals surface area contributed by atoms with Gasteiger partial charge in [0, 0.05) is 38.1 Å². The lowest BCUT2D eigenvalue weighted by Crippen LogP contribution is -2.48. The topological polar surface area (TPSA) is 95.3 Å². The Morgan fingerprint density at radius 3 is 2.45 bits per heavy atom. The van der Waals surface area contributed by atoms with Gasteiger partial charge in [-0.05, 0) is 58.3 Å². The Hall–Kier alpha value is -3.89. The van der Waals surface area contributed by atoms with Gasteiger partial charge in [-0.1, -0.05) is 30.3 Å². The van der Waals surface area contributed by atoms with Gasteiger partial charge in [0.15, 0.2) is 5.69 Å². The van der Waals surface area contributed by atoms with Crippen LogP contribution in [0, 0.1) is 6.92 Å². The molecule has 10 heteroatoms. The highest BCUT2D eigenvalue weighted by Gasteiger charge is 2.26. The maximum absolute atomic E-state index is 13.2. The smallest absolute Gasteiger partial charge is 0.276 e. The third kappa shape index (κ3) is 5.98. The Balaban J connectivity index is 1.22. The third-order valence-corrected chi connectivity index (χ3v) is 6.72. The lowest BCUT2D eigenvalue weighted by atomic mass is 10.2. The number of para-hydroxylation sites is 2. The van der Waals surface area contributed by atoms with E-state index >= 15 is 0 Å². The van der Waals surface area contributed by atoms with Crippen molar-refractivity contribution in [2.75, 3.05) is 58.7 Å². The molecule has 1 aliphatic rings. The molecule has 0 unspecified atom stereocenters. The third-order valence-electron chi connectivity index (χ3n) is 6.72. The molecule has 10 nitrogen and oxygen atoms in total. The summed E-state index contributed by atoms with van der Waals surface area (Å²) in [6.45, 7) is 7.10. The highest BCUT2D eigenvalue weighted by molar-refractivity contribution is 5.93. The Kier molecular flexibility index (Phi) is 7.90. The number of piperazine rings is 1. The standard InChI is InChI=1S/C28H35N9O/c1-21-26(33-37(32-21)22-10-5-4-6-11-22)28(38)36-18-16-35(17-19-36)20-25-30-24-13-8-7-12-23(24)27(31-25)29-14-9-15-34(2)3/h4-8,10-13H,9,14-20H2,1-3H3,(H,29,30,31). The maximum Gasteiger partial charge on any atom is 0.276 e. The van der Waals surface area contributed by atoms with Gasteiger partial charge in [0.2, 0.25) is 0 Å². The largest absolute Gasteiger partial charge is 0.369 e. The van der Waals surface area contributed by atoms with Crippen LogP contribution in [0.3, 0.4) is 0 Å². The van der Waals surface area contributed by atoms with E-state index in [4.69, 9.17) is 9.97 Å². The molecule has 4 aromatic rings. The summed E-state index contributed by atoms with van der Waals surface area (Å²) in [6.07, 6.45) is 1.04. The normalized spacial score (nSPS) is 14.4. The van der Waals surface area contributed by atoms with Gasteiger partial charge in [-0.25, -0.2) is 9.97 Å². The first-order chi connectivity index (χ1) is 18.5. The fraction of sp³-hybridized carbons (Fsp3) is 0.393. The van der Waals surface area contributed by atoms with Gasteiger partial charge in [-0.2, -0.15) is 9.90 Å². The zero-order chi connectivity index (χ0) is 26.5. The number of carbonyl (C=O) groups is 1. The van der Waals surface area contributed by atoms with Crippen molar-refractivity contribution in [2.24, 2.45) is 0 Å². The molecule has 0 aliphatic carbocycles. The minimum absolute atomic E-state index is 0.0736. The Morgan fingerprint density at radius 2 is 1.68 bits per heavy atom. The number of aryl methyl sites for hydroxylation is 1. The Bertz CT molecular complexity index is 1380. The zero-order valence-electron chi connectivity index (χ0n) is 22.3. The molecule has 3 heterocycles. The predicted molar refractivity (Wildman–Crippen MR) is 148 cm³/mol. The minimum Gasteiger partial charge on any atom is -0.369 e. The molecule has 0 radical (unpaired) electrons. The van der Waals surface area contributed by atoms with Crippen LogP contribution in [0.2, 0.25) is 0 Å². The molecule has 0 atom stereocenters. The van der Waals surface area contributed by atoms with E-state index in [1.54, 1.807) is 0 Å². The fourth-order valence-electron chi connectivity index (χ4n) is 4.64. The summed E-state index contributed by atoms with van der Waals surface area (Å²) in [6, 6.07) is 17.8. The summed E-state index contributed by atoms with van der Waals surface area (Å²) in [4.78, 5) is 30.8. The SMILES string of the molecule is Cc1nn(-c2ccccc2)nc1C(=O)N1CCN(Cc2nc(NCCCN(C)C)c3ccccc3n2)CC1. The maximum atomic E-state index is 13.2. The van der Waals surface area contributed by atoms with Crippen molar-refractivity contribution in [2.45, 2.75) is 19.9 Å². The van der Waals surface area contributed by atoms with Crippen molar-refractivity contribution in [1.29, 1.82) is 0 Å². The summed E-state index contributed by atoms with van der Waals surface area (Å²) in [7, 11) is 4.17. The minimum atomic E-state index is -0.0736. The van der Waals surface area contributed by atoms with Crippen LogP contribution in [0.25, 0.3) is 16.6 Å². The van der Waals surface area contributed by atoms with Crippen molar-refractivity contribution in [3.8, 4) is 5.69 Å². The van der Waals surface area contributed by atoms with Crippen LogP contribution >= 0.6 is 0 Å². The monoisotopic (exact) mass is 513 g/mol.